The van der Waals surface area contributed by atoms with Crippen LogP contribution in [0.15, 0.2) is 6.07 Å². The molecule has 0 amide bonds. The van der Waals surface area contributed by atoms with Gasteiger partial charge in [0.25, 0.3) is 0 Å². The maximum absolute atomic E-state index is 10.9. The van der Waals surface area contributed by atoms with Crippen LogP contribution >= 0.6 is 0 Å². The van der Waals surface area contributed by atoms with Crippen molar-refractivity contribution < 1.29 is 9.53 Å². The van der Waals surface area contributed by atoms with Crippen LogP contribution in [0.5, 0.6) is 0 Å². The fourth-order valence-corrected chi connectivity index (χ4v) is 2.85. The summed E-state index contributed by atoms with van der Waals surface area (Å²) in [5, 5.41) is 0. The summed E-state index contributed by atoms with van der Waals surface area (Å²) >= 11 is 0. The van der Waals surface area contributed by atoms with Crippen molar-refractivity contribution in [2.75, 3.05) is 7.11 Å². The molecule has 0 radical (unpaired) electrons. The predicted octanol–water partition coefficient (Wildman–Crippen LogP) is 2.66. The van der Waals surface area contributed by atoms with E-state index in [0.29, 0.717) is 12.1 Å². The molecule has 0 spiro atoms. The molecule has 0 aromatic carbocycles. The van der Waals surface area contributed by atoms with Crippen LogP contribution in [-0.2, 0) is 4.74 Å². The minimum absolute atomic E-state index is 0.380. The monoisotopic (exact) mass is 221 g/mol. The molecule has 0 aliphatic heterocycles. The Morgan fingerprint density at radius 2 is 2.19 bits per heavy atom. The molecule has 1 saturated carbocycles. The molecule has 1 aliphatic carbocycles. The zero-order valence-electron chi connectivity index (χ0n) is 10.2. The van der Waals surface area contributed by atoms with Gasteiger partial charge in [-0.3, -0.25) is 4.79 Å². The molecule has 0 N–H and O–H groups in total. The summed E-state index contributed by atoms with van der Waals surface area (Å²) in [5.74, 6) is 0. The zero-order valence-corrected chi connectivity index (χ0v) is 10.2. The van der Waals surface area contributed by atoms with Crippen molar-refractivity contribution in [2.24, 2.45) is 0 Å². The van der Waals surface area contributed by atoms with Gasteiger partial charge in [-0.05, 0) is 39.2 Å². The van der Waals surface area contributed by atoms with E-state index in [1.807, 2.05) is 13.0 Å². The Morgan fingerprint density at radius 1 is 1.44 bits per heavy atom. The van der Waals surface area contributed by atoms with Gasteiger partial charge in [0, 0.05) is 30.1 Å². The Labute approximate surface area is 96.4 Å². The molecular weight excluding hydrogens is 202 g/mol. The number of hydrogen-bond donors (Lipinski definition) is 0. The Kier molecular flexibility index (Phi) is 3.15. The van der Waals surface area contributed by atoms with Gasteiger partial charge in [0.2, 0.25) is 0 Å². The topological polar surface area (TPSA) is 31.2 Å². The number of aromatic nitrogens is 1. The minimum atomic E-state index is 0.380. The van der Waals surface area contributed by atoms with Crippen LogP contribution in [0.3, 0.4) is 0 Å². The van der Waals surface area contributed by atoms with Crippen LogP contribution in [0.25, 0.3) is 0 Å². The molecule has 2 atom stereocenters. The summed E-state index contributed by atoms with van der Waals surface area (Å²) in [7, 11) is 1.78. The number of carbonyl (C=O) groups is 1. The van der Waals surface area contributed by atoms with Crippen molar-refractivity contribution in [3.63, 3.8) is 0 Å². The van der Waals surface area contributed by atoms with Gasteiger partial charge in [-0.25, -0.2) is 0 Å². The molecule has 2 unspecified atom stereocenters. The van der Waals surface area contributed by atoms with Crippen molar-refractivity contribution in [1.29, 1.82) is 0 Å². The maximum atomic E-state index is 10.9. The van der Waals surface area contributed by atoms with Gasteiger partial charge in [0.1, 0.15) is 0 Å². The van der Waals surface area contributed by atoms with Crippen LogP contribution in [0.1, 0.15) is 47.1 Å². The number of hydrogen-bond acceptors (Lipinski definition) is 2. The van der Waals surface area contributed by atoms with Gasteiger partial charge in [-0.15, -0.1) is 0 Å². The molecule has 1 aromatic rings. The van der Waals surface area contributed by atoms with Crippen molar-refractivity contribution in [1.82, 2.24) is 4.57 Å². The summed E-state index contributed by atoms with van der Waals surface area (Å²) in [5.41, 5.74) is 3.09. The maximum Gasteiger partial charge on any atom is 0.151 e. The van der Waals surface area contributed by atoms with E-state index in [1.165, 1.54) is 5.69 Å². The molecule has 2 rings (SSSR count). The first kappa shape index (κ1) is 11.4. The highest BCUT2D eigenvalue weighted by Gasteiger charge is 2.27. The van der Waals surface area contributed by atoms with Crippen molar-refractivity contribution in [3.8, 4) is 0 Å². The van der Waals surface area contributed by atoms with Crippen molar-refractivity contribution >= 4 is 6.29 Å². The molecule has 1 aliphatic rings. The standard InChI is InChI=1S/C13H19NO2/c1-9-6-11(8-15)10(2)14(9)12-4-5-13(7-12)16-3/h6,8,12-13H,4-5,7H2,1-3H3. The third-order valence-corrected chi connectivity index (χ3v) is 3.71. The van der Waals surface area contributed by atoms with Gasteiger partial charge >= 0.3 is 0 Å². The molecule has 0 bridgehead atoms. The third kappa shape index (κ3) is 1.80. The molecule has 88 valence electrons. The lowest BCUT2D eigenvalue weighted by atomic mass is 10.2. The summed E-state index contributed by atoms with van der Waals surface area (Å²) in [6.45, 7) is 4.09. The second-order valence-electron chi connectivity index (χ2n) is 4.64. The van der Waals surface area contributed by atoms with Crippen LogP contribution in [0, 0.1) is 13.8 Å². The number of methoxy groups -OCH3 is 1. The van der Waals surface area contributed by atoms with Gasteiger partial charge in [-0.1, -0.05) is 0 Å². The molecule has 3 nitrogen and oxygen atoms in total. The molecule has 0 saturated heterocycles. The molecule has 16 heavy (non-hydrogen) atoms. The summed E-state index contributed by atoms with van der Waals surface area (Å²) < 4.78 is 7.69. The zero-order chi connectivity index (χ0) is 11.7. The van der Waals surface area contributed by atoms with Crippen LogP contribution < -0.4 is 0 Å². The quantitative estimate of drug-likeness (QED) is 0.735. The lowest BCUT2D eigenvalue weighted by molar-refractivity contribution is 0.105. The van der Waals surface area contributed by atoms with E-state index in [0.717, 1.165) is 36.8 Å². The highest BCUT2D eigenvalue weighted by molar-refractivity contribution is 5.77. The van der Waals surface area contributed by atoms with Crippen LogP contribution in [0.4, 0.5) is 0 Å². The molecule has 1 aromatic heterocycles. The van der Waals surface area contributed by atoms with E-state index in [1.54, 1.807) is 7.11 Å². The molecular formula is C13H19NO2. The fourth-order valence-electron chi connectivity index (χ4n) is 2.85. The van der Waals surface area contributed by atoms with Gasteiger partial charge < -0.3 is 9.30 Å². The van der Waals surface area contributed by atoms with Gasteiger partial charge in [0.15, 0.2) is 6.29 Å². The van der Waals surface area contributed by atoms with Crippen LogP contribution in [0.2, 0.25) is 0 Å². The first-order valence-corrected chi connectivity index (χ1v) is 5.83. The Morgan fingerprint density at radius 3 is 2.69 bits per heavy atom. The van der Waals surface area contributed by atoms with Crippen molar-refractivity contribution in [2.45, 2.75) is 45.3 Å². The van der Waals surface area contributed by atoms with E-state index in [-0.39, 0.29) is 0 Å². The molecule has 1 fully saturated rings. The fraction of sp³-hybridized carbons (Fsp3) is 0.615. The third-order valence-electron chi connectivity index (χ3n) is 3.71. The van der Waals surface area contributed by atoms with Crippen LogP contribution in [-0.4, -0.2) is 24.1 Å². The number of carbonyl (C=O) groups excluding carboxylic acids is 1. The van der Waals surface area contributed by atoms with E-state index in [9.17, 15) is 4.79 Å². The number of aryl methyl sites for hydroxylation is 1. The second kappa shape index (κ2) is 4.42. The average Bonchev–Trinajstić information content (AvgIpc) is 2.83. The summed E-state index contributed by atoms with van der Waals surface area (Å²) in [4.78, 5) is 10.9. The second-order valence-corrected chi connectivity index (χ2v) is 4.64. The van der Waals surface area contributed by atoms with E-state index < -0.39 is 0 Å². The lowest BCUT2D eigenvalue weighted by Crippen LogP contribution is -2.11. The Balaban J connectivity index is 2.27. The Bertz CT molecular complexity index is 395. The minimum Gasteiger partial charge on any atom is -0.381 e. The first-order valence-electron chi connectivity index (χ1n) is 5.83. The number of ether oxygens (including phenoxy) is 1. The van der Waals surface area contributed by atoms with E-state index in [4.69, 9.17) is 4.74 Å². The summed E-state index contributed by atoms with van der Waals surface area (Å²) in [6.07, 6.45) is 4.65. The smallest absolute Gasteiger partial charge is 0.151 e. The number of aldehydes is 1. The van der Waals surface area contributed by atoms with Gasteiger partial charge in [0.05, 0.1) is 6.10 Å². The van der Waals surface area contributed by atoms with Crippen molar-refractivity contribution in [3.05, 3.63) is 23.0 Å². The molecule has 3 heteroatoms. The average molecular weight is 221 g/mol. The Hall–Kier alpha value is -1.09. The first-order chi connectivity index (χ1) is 7.67. The predicted molar refractivity (Wildman–Crippen MR) is 63.0 cm³/mol. The largest absolute Gasteiger partial charge is 0.381 e. The van der Waals surface area contributed by atoms with Gasteiger partial charge in [-0.2, -0.15) is 0 Å². The van der Waals surface area contributed by atoms with E-state index in [2.05, 4.69) is 11.5 Å². The normalized spacial score (nSPS) is 24.9. The number of rotatable bonds is 3. The number of nitrogens with zero attached hydrogens (tertiary/aromatic N) is 1. The highest BCUT2D eigenvalue weighted by Crippen LogP contribution is 2.34. The lowest BCUT2D eigenvalue weighted by Gasteiger charge is -2.17. The summed E-state index contributed by atoms with van der Waals surface area (Å²) in [6, 6.07) is 2.47. The SMILES string of the molecule is COC1CCC(n2c(C)cc(C=O)c2C)C1. The molecule has 1 heterocycles. The van der Waals surface area contributed by atoms with E-state index >= 15 is 0 Å². The highest BCUT2D eigenvalue weighted by atomic mass is 16.5.